The summed E-state index contributed by atoms with van der Waals surface area (Å²) in [6.45, 7) is 8.83. The van der Waals surface area contributed by atoms with Crippen LogP contribution in [0, 0.1) is 0 Å². The summed E-state index contributed by atoms with van der Waals surface area (Å²) in [5.74, 6) is 1.24. The minimum absolute atomic E-state index is 0.0725. The Hall–Kier alpha value is -2.28. The van der Waals surface area contributed by atoms with Gasteiger partial charge in [-0.15, -0.1) is 0 Å². The van der Waals surface area contributed by atoms with E-state index >= 15 is 0 Å². The fourth-order valence-electron chi connectivity index (χ4n) is 3.92. The maximum Gasteiger partial charge on any atom is 0.261 e. The molecule has 0 saturated carbocycles. The summed E-state index contributed by atoms with van der Waals surface area (Å²) in [4.78, 5) is 20.6. The molecule has 0 saturated heterocycles. The van der Waals surface area contributed by atoms with Crippen LogP contribution in [0.2, 0.25) is 5.04 Å². The number of rotatable bonds is 8. The molecule has 3 rings (SSSR count). The van der Waals surface area contributed by atoms with Crippen molar-refractivity contribution in [2.24, 2.45) is 0 Å². The van der Waals surface area contributed by atoms with Crippen LogP contribution in [-0.4, -0.2) is 35.8 Å². The van der Waals surface area contributed by atoms with Crippen LogP contribution in [0.25, 0.3) is 0 Å². The van der Waals surface area contributed by atoms with E-state index in [-0.39, 0.29) is 16.1 Å². The third-order valence-electron chi connectivity index (χ3n) is 5.36. The molecule has 6 heteroatoms. The number of nitrogens with zero attached hydrogens (tertiary/aromatic N) is 2. The molecule has 0 fully saturated rings. The molecule has 0 amide bonds. The highest BCUT2D eigenvalue weighted by molar-refractivity contribution is 8.13. The van der Waals surface area contributed by atoms with Crippen LogP contribution in [-0.2, 0) is 9.22 Å². The predicted molar refractivity (Wildman–Crippen MR) is 131 cm³/mol. The van der Waals surface area contributed by atoms with Gasteiger partial charge in [0.1, 0.15) is 5.82 Å². The zero-order valence-electron chi connectivity index (χ0n) is 18.6. The van der Waals surface area contributed by atoms with Gasteiger partial charge in [-0.3, -0.25) is 4.79 Å². The summed E-state index contributed by atoms with van der Waals surface area (Å²) in [5.41, 5.74) is 0. The Kier molecular flexibility index (Phi) is 7.81. The van der Waals surface area contributed by atoms with E-state index in [9.17, 15) is 4.79 Å². The van der Waals surface area contributed by atoms with Crippen LogP contribution < -0.4 is 10.4 Å². The van der Waals surface area contributed by atoms with Crippen molar-refractivity contribution in [3.05, 3.63) is 84.9 Å². The molecule has 3 aromatic rings. The predicted octanol–water partition coefficient (Wildman–Crippen LogP) is 4.42. The van der Waals surface area contributed by atoms with E-state index in [1.54, 1.807) is 19.3 Å². The lowest BCUT2D eigenvalue weighted by atomic mass is 10.2. The van der Waals surface area contributed by atoms with Gasteiger partial charge in [0.15, 0.2) is 5.12 Å². The van der Waals surface area contributed by atoms with Crippen molar-refractivity contribution >= 4 is 35.6 Å². The number of aromatic nitrogens is 2. The molecule has 0 bridgehead atoms. The Labute approximate surface area is 190 Å². The molecule has 31 heavy (non-hydrogen) atoms. The minimum atomic E-state index is -2.65. The van der Waals surface area contributed by atoms with E-state index in [0.717, 1.165) is 0 Å². The van der Waals surface area contributed by atoms with Crippen LogP contribution in [0.5, 0.6) is 0 Å². The van der Waals surface area contributed by atoms with Crippen molar-refractivity contribution < 1.29 is 9.22 Å². The monoisotopic (exact) mass is 450 g/mol. The third-order valence-corrected chi connectivity index (χ3v) is 11.3. The molecular formula is C25H30N2O2SSi. The van der Waals surface area contributed by atoms with E-state index in [2.05, 4.69) is 79.3 Å². The largest absolute Gasteiger partial charge is 0.407 e. The first-order chi connectivity index (χ1) is 14.8. The molecular weight excluding hydrogens is 420 g/mol. The van der Waals surface area contributed by atoms with Gasteiger partial charge in [-0.05, 0) is 21.5 Å². The van der Waals surface area contributed by atoms with Crippen LogP contribution in [0.4, 0.5) is 0 Å². The Balaban J connectivity index is 2.04. The number of hydrogen-bond acceptors (Lipinski definition) is 5. The van der Waals surface area contributed by atoms with E-state index in [4.69, 9.17) is 4.43 Å². The van der Waals surface area contributed by atoms with Gasteiger partial charge in [-0.1, -0.05) is 93.2 Å². The Bertz CT molecular complexity index is 924. The molecule has 0 spiro atoms. The summed E-state index contributed by atoms with van der Waals surface area (Å²) in [6, 6.07) is 23.0. The molecule has 1 aromatic heterocycles. The zero-order valence-corrected chi connectivity index (χ0v) is 20.4. The standard InChI is InChI=1S/C25H30N2O2SSi/c1-20(28)30-19-21(24-26-16-11-17-27-24)18-29-31(25(2,3)4,22-12-7-5-8-13-22)23-14-9-6-10-15-23/h5-17,21H,18-19H2,1-4H3. The van der Waals surface area contributed by atoms with Crippen LogP contribution >= 0.6 is 11.8 Å². The first-order valence-corrected chi connectivity index (χ1v) is 13.4. The van der Waals surface area contributed by atoms with Crippen molar-refractivity contribution in [3.63, 3.8) is 0 Å². The first-order valence-electron chi connectivity index (χ1n) is 10.5. The molecule has 1 unspecified atom stereocenters. The van der Waals surface area contributed by atoms with E-state index < -0.39 is 8.32 Å². The maximum atomic E-state index is 11.7. The lowest BCUT2D eigenvalue weighted by molar-refractivity contribution is -0.109. The Morgan fingerprint density at radius 2 is 1.45 bits per heavy atom. The molecule has 4 nitrogen and oxygen atoms in total. The van der Waals surface area contributed by atoms with Crippen LogP contribution in [0.3, 0.4) is 0 Å². The first kappa shape index (κ1) is 23.4. The quantitative estimate of drug-likeness (QED) is 0.476. The lowest BCUT2D eigenvalue weighted by Gasteiger charge is -2.43. The molecule has 0 aliphatic heterocycles. The normalized spacial score (nSPS) is 13.0. The average Bonchev–Trinajstić information content (AvgIpc) is 2.77. The summed E-state index contributed by atoms with van der Waals surface area (Å²) < 4.78 is 7.05. The number of carbonyl (C=O) groups is 1. The van der Waals surface area contributed by atoms with Gasteiger partial charge < -0.3 is 4.43 Å². The summed E-state index contributed by atoms with van der Waals surface area (Å²) in [5, 5.41) is 2.46. The zero-order chi connectivity index (χ0) is 22.3. The third kappa shape index (κ3) is 5.50. The molecule has 0 radical (unpaired) electrons. The van der Waals surface area contributed by atoms with E-state index in [1.807, 2.05) is 18.2 Å². The molecule has 1 atom stereocenters. The van der Waals surface area contributed by atoms with Gasteiger partial charge in [0.2, 0.25) is 0 Å². The fourth-order valence-corrected chi connectivity index (χ4v) is 9.21. The van der Waals surface area contributed by atoms with Crippen molar-refractivity contribution in [2.75, 3.05) is 12.4 Å². The second kappa shape index (κ2) is 10.4. The van der Waals surface area contributed by atoms with Crippen molar-refractivity contribution in [2.45, 2.75) is 38.7 Å². The van der Waals surface area contributed by atoms with Gasteiger partial charge in [-0.2, -0.15) is 0 Å². The van der Waals surface area contributed by atoms with Crippen molar-refractivity contribution in [1.82, 2.24) is 9.97 Å². The van der Waals surface area contributed by atoms with Gasteiger partial charge in [0, 0.05) is 31.7 Å². The average molecular weight is 451 g/mol. The summed E-state index contributed by atoms with van der Waals surface area (Å²) >= 11 is 1.30. The molecule has 2 aromatic carbocycles. The number of thioether (sulfide) groups is 1. The van der Waals surface area contributed by atoms with Crippen molar-refractivity contribution in [3.8, 4) is 0 Å². The van der Waals surface area contributed by atoms with Gasteiger partial charge in [0.05, 0.1) is 5.92 Å². The van der Waals surface area contributed by atoms with Gasteiger partial charge >= 0.3 is 0 Å². The Morgan fingerprint density at radius 1 is 0.935 bits per heavy atom. The topological polar surface area (TPSA) is 52.1 Å². The fraction of sp³-hybridized carbons (Fsp3) is 0.320. The molecule has 162 valence electrons. The molecule has 0 aliphatic rings. The lowest BCUT2D eigenvalue weighted by Crippen LogP contribution is -2.66. The molecule has 0 N–H and O–H groups in total. The SMILES string of the molecule is CC(=O)SCC(CO[Si](c1ccccc1)(c1ccccc1)C(C)(C)C)c1ncccn1. The van der Waals surface area contributed by atoms with Crippen LogP contribution in [0.1, 0.15) is 39.4 Å². The number of hydrogen-bond donors (Lipinski definition) is 0. The molecule has 0 aliphatic carbocycles. The smallest absolute Gasteiger partial charge is 0.261 e. The highest BCUT2D eigenvalue weighted by Crippen LogP contribution is 2.37. The highest BCUT2D eigenvalue weighted by Gasteiger charge is 2.50. The Morgan fingerprint density at radius 3 is 1.90 bits per heavy atom. The minimum Gasteiger partial charge on any atom is -0.407 e. The van der Waals surface area contributed by atoms with Crippen molar-refractivity contribution in [1.29, 1.82) is 0 Å². The maximum absolute atomic E-state index is 11.7. The summed E-state index contributed by atoms with van der Waals surface area (Å²) in [6.07, 6.45) is 3.49. The van der Waals surface area contributed by atoms with E-state index in [1.165, 1.54) is 22.1 Å². The van der Waals surface area contributed by atoms with Crippen LogP contribution in [0.15, 0.2) is 79.1 Å². The molecule has 1 heterocycles. The van der Waals surface area contributed by atoms with Gasteiger partial charge in [-0.25, -0.2) is 9.97 Å². The number of carbonyl (C=O) groups excluding carboxylic acids is 1. The summed E-state index contributed by atoms with van der Waals surface area (Å²) in [7, 11) is -2.65. The second-order valence-corrected chi connectivity index (χ2v) is 14.1. The highest BCUT2D eigenvalue weighted by atomic mass is 32.2. The van der Waals surface area contributed by atoms with E-state index in [0.29, 0.717) is 18.2 Å². The van der Waals surface area contributed by atoms with Gasteiger partial charge in [0.25, 0.3) is 8.32 Å². The number of benzene rings is 2. The second-order valence-electron chi connectivity index (χ2n) is 8.58.